The van der Waals surface area contributed by atoms with Crippen LogP contribution in [0.1, 0.15) is 34.6 Å². The van der Waals surface area contributed by atoms with Crippen molar-refractivity contribution in [3.05, 3.63) is 47.5 Å². The maximum atomic E-state index is 10.4. The average Bonchev–Trinajstić information content (AvgIpc) is 2.99. The number of benzene rings is 1. The molecular formula is C17H20O9. The van der Waals surface area contributed by atoms with Crippen LogP contribution in [0.25, 0.3) is 0 Å². The zero-order chi connectivity index (χ0) is 20.3. The predicted octanol–water partition coefficient (Wildman–Crippen LogP) is 0.706. The van der Waals surface area contributed by atoms with E-state index < -0.39 is 23.9 Å². The van der Waals surface area contributed by atoms with E-state index >= 15 is 0 Å². The Labute approximate surface area is 149 Å². The first kappa shape index (κ1) is 23.0. The third-order valence-electron chi connectivity index (χ3n) is 2.77. The fourth-order valence-electron chi connectivity index (χ4n) is 1.14. The Balaban J connectivity index is 0.000000385. The highest BCUT2D eigenvalue weighted by molar-refractivity contribution is 6.04. The third kappa shape index (κ3) is 9.30. The van der Waals surface area contributed by atoms with E-state index in [1.807, 2.05) is 0 Å². The molecular weight excluding hydrogens is 348 g/mol. The Kier molecular flexibility index (Phi) is 9.49. The molecule has 142 valence electrons. The molecule has 1 aromatic rings. The van der Waals surface area contributed by atoms with Crippen LogP contribution >= 0.6 is 0 Å². The van der Waals surface area contributed by atoms with Crippen molar-refractivity contribution in [1.82, 2.24) is 0 Å². The Bertz CT molecular complexity index is 638. The van der Waals surface area contributed by atoms with E-state index in [0.29, 0.717) is 0 Å². The second-order valence-electron chi connectivity index (χ2n) is 5.75. The molecule has 1 aliphatic heterocycles. The van der Waals surface area contributed by atoms with Gasteiger partial charge in [-0.25, -0.2) is 19.2 Å². The van der Waals surface area contributed by atoms with Crippen LogP contribution in [0.15, 0.2) is 36.4 Å². The summed E-state index contributed by atoms with van der Waals surface area (Å²) in [6.45, 7) is 3.69. The Morgan fingerprint density at radius 2 is 1.31 bits per heavy atom. The molecule has 9 heteroatoms. The van der Waals surface area contributed by atoms with Crippen LogP contribution in [-0.4, -0.2) is 57.5 Å². The molecule has 1 aliphatic rings. The van der Waals surface area contributed by atoms with Crippen molar-refractivity contribution in [2.45, 2.75) is 13.8 Å². The SMILES string of the molecule is CC(C)(CO)CO.O=C(O)c1cccc(C(=O)O)c1.O=C1C=CC(=O)O1. The second kappa shape index (κ2) is 10.7. The van der Waals surface area contributed by atoms with E-state index in [1.165, 1.54) is 18.2 Å². The summed E-state index contributed by atoms with van der Waals surface area (Å²) in [5.41, 5.74) is -0.343. The Hall–Kier alpha value is -3.04. The Morgan fingerprint density at radius 1 is 0.923 bits per heavy atom. The molecule has 4 N–H and O–H groups in total. The van der Waals surface area contributed by atoms with Crippen molar-refractivity contribution in [2.24, 2.45) is 5.41 Å². The summed E-state index contributed by atoms with van der Waals surface area (Å²) in [5, 5.41) is 33.9. The van der Waals surface area contributed by atoms with Crippen LogP contribution in [0.5, 0.6) is 0 Å². The largest absolute Gasteiger partial charge is 0.478 e. The lowest BCUT2D eigenvalue weighted by Crippen LogP contribution is -2.20. The van der Waals surface area contributed by atoms with Gasteiger partial charge in [0, 0.05) is 17.6 Å². The van der Waals surface area contributed by atoms with Crippen LogP contribution in [0.4, 0.5) is 0 Å². The molecule has 0 aromatic heterocycles. The molecule has 0 saturated heterocycles. The van der Waals surface area contributed by atoms with E-state index in [0.717, 1.165) is 18.2 Å². The fraction of sp³-hybridized carbons (Fsp3) is 0.294. The molecule has 0 saturated carbocycles. The summed E-state index contributed by atoms with van der Waals surface area (Å²) in [7, 11) is 0. The van der Waals surface area contributed by atoms with Crippen LogP contribution in [0, 0.1) is 5.41 Å². The number of esters is 2. The highest BCUT2D eigenvalue weighted by Gasteiger charge is 2.13. The quantitative estimate of drug-likeness (QED) is 0.443. The van der Waals surface area contributed by atoms with E-state index in [9.17, 15) is 19.2 Å². The molecule has 0 unspecified atom stereocenters. The molecule has 0 amide bonds. The number of aliphatic hydroxyl groups is 2. The van der Waals surface area contributed by atoms with Crippen LogP contribution in [0.2, 0.25) is 0 Å². The van der Waals surface area contributed by atoms with Gasteiger partial charge in [-0.1, -0.05) is 19.9 Å². The molecule has 26 heavy (non-hydrogen) atoms. The number of aromatic carboxylic acids is 2. The van der Waals surface area contributed by atoms with Gasteiger partial charge in [0.1, 0.15) is 0 Å². The van der Waals surface area contributed by atoms with E-state index in [4.69, 9.17) is 20.4 Å². The number of hydrogen-bond donors (Lipinski definition) is 4. The third-order valence-corrected chi connectivity index (χ3v) is 2.77. The first-order valence-electron chi connectivity index (χ1n) is 7.24. The maximum Gasteiger partial charge on any atom is 0.338 e. The minimum Gasteiger partial charge on any atom is -0.478 e. The Morgan fingerprint density at radius 3 is 1.50 bits per heavy atom. The van der Waals surface area contributed by atoms with E-state index in [2.05, 4.69) is 4.74 Å². The van der Waals surface area contributed by atoms with Gasteiger partial charge in [-0.3, -0.25) is 0 Å². The van der Waals surface area contributed by atoms with Crippen molar-refractivity contribution in [3.63, 3.8) is 0 Å². The molecule has 0 fully saturated rings. The summed E-state index contributed by atoms with van der Waals surface area (Å²) in [6, 6.07) is 5.20. The van der Waals surface area contributed by atoms with Gasteiger partial charge in [0.25, 0.3) is 0 Å². The van der Waals surface area contributed by atoms with Crippen molar-refractivity contribution in [1.29, 1.82) is 0 Å². The van der Waals surface area contributed by atoms with E-state index in [-0.39, 0.29) is 29.8 Å². The summed E-state index contributed by atoms with van der Waals surface area (Å²) in [5.74, 6) is -3.41. The van der Waals surface area contributed by atoms with Gasteiger partial charge in [0.15, 0.2) is 0 Å². The summed E-state index contributed by atoms with van der Waals surface area (Å²) >= 11 is 0. The first-order chi connectivity index (χ1) is 12.0. The molecule has 0 radical (unpaired) electrons. The zero-order valence-electron chi connectivity index (χ0n) is 14.2. The number of cyclic esters (lactones) is 2. The topological polar surface area (TPSA) is 158 Å². The number of ether oxygens (including phenoxy) is 1. The van der Waals surface area contributed by atoms with Crippen LogP contribution in [-0.2, 0) is 14.3 Å². The van der Waals surface area contributed by atoms with Gasteiger partial charge in [-0.2, -0.15) is 0 Å². The van der Waals surface area contributed by atoms with Crippen molar-refractivity contribution in [2.75, 3.05) is 13.2 Å². The van der Waals surface area contributed by atoms with Gasteiger partial charge in [0.2, 0.25) is 0 Å². The number of carboxylic acids is 2. The summed E-state index contributed by atoms with van der Waals surface area (Å²) in [6.07, 6.45) is 2.17. The summed E-state index contributed by atoms with van der Waals surface area (Å²) in [4.78, 5) is 40.6. The van der Waals surface area contributed by atoms with Crippen LogP contribution < -0.4 is 0 Å². The van der Waals surface area contributed by atoms with Gasteiger partial charge in [-0.05, 0) is 18.2 Å². The number of rotatable bonds is 4. The minimum absolute atomic E-state index is 0.0186. The number of carboxylic acid groups (broad SMARTS) is 2. The lowest BCUT2D eigenvalue weighted by atomic mass is 9.97. The highest BCUT2D eigenvalue weighted by Crippen LogP contribution is 2.10. The number of hydrogen-bond acceptors (Lipinski definition) is 7. The molecule has 0 spiro atoms. The average molecular weight is 368 g/mol. The van der Waals surface area contributed by atoms with E-state index in [1.54, 1.807) is 13.8 Å². The fourth-order valence-corrected chi connectivity index (χ4v) is 1.14. The standard InChI is InChI=1S/C8H6O4.C5H12O2.C4H2O3/c9-7(10)5-2-1-3-6(4-5)8(11)12;1-5(2,3-6)4-7;5-3-1-2-4(6)7-3/h1-4H,(H,9,10)(H,11,12);6-7H,3-4H2,1-2H3;1-2H. The molecule has 2 rings (SSSR count). The molecule has 1 heterocycles. The van der Waals surface area contributed by atoms with Gasteiger partial charge in [0.05, 0.1) is 24.3 Å². The monoisotopic (exact) mass is 368 g/mol. The number of aliphatic hydroxyl groups excluding tert-OH is 2. The molecule has 0 bridgehead atoms. The number of carbonyl (C=O) groups excluding carboxylic acids is 2. The van der Waals surface area contributed by atoms with Crippen molar-refractivity contribution >= 4 is 23.9 Å². The molecule has 9 nitrogen and oxygen atoms in total. The second-order valence-corrected chi connectivity index (χ2v) is 5.75. The summed E-state index contributed by atoms with van der Waals surface area (Å²) < 4.78 is 3.97. The van der Waals surface area contributed by atoms with Gasteiger partial charge in [-0.15, -0.1) is 0 Å². The lowest BCUT2D eigenvalue weighted by molar-refractivity contribution is -0.150. The normalized spacial score (nSPS) is 12.3. The van der Waals surface area contributed by atoms with Gasteiger partial charge < -0.3 is 25.2 Å². The van der Waals surface area contributed by atoms with Crippen molar-refractivity contribution < 1.29 is 44.3 Å². The predicted molar refractivity (Wildman–Crippen MR) is 88.6 cm³/mol. The smallest absolute Gasteiger partial charge is 0.338 e. The molecule has 1 aromatic carbocycles. The molecule has 0 atom stereocenters. The first-order valence-corrected chi connectivity index (χ1v) is 7.24. The highest BCUT2D eigenvalue weighted by atomic mass is 16.6. The van der Waals surface area contributed by atoms with Crippen LogP contribution in [0.3, 0.4) is 0 Å². The number of carbonyl (C=O) groups is 4. The molecule has 0 aliphatic carbocycles. The zero-order valence-corrected chi connectivity index (χ0v) is 14.2. The van der Waals surface area contributed by atoms with Crippen molar-refractivity contribution in [3.8, 4) is 0 Å². The lowest BCUT2D eigenvalue weighted by Gasteiger charge is -2.16. The maximum absolute atomic E-state index is 10.4. The minimum atomic E-state index is -1.13. The van der Waals surface area contributed by atoms with Gasteiger partial charge >= 0.3 is 23.9 Å².